The average molecular weight is 508 g/mol. The van der Waals surface area contributed by atoms with Gasteiger partial charge in [-0.3, -0.25) is 9.69 Å². The number of hydrogen-bond acceptors (Lipinski definition) is 4. The number of rotatable bonds is 8. The van der Waals surface area contributed by atoms with Gasteiger partial charge in [-0.15, -0.1) is 13.2 Å². The van der Waals surface area contributed by atoms with Crippen LogP contribution in [0.25, 0.3) is 0 Å². The number of carbonyl (C=O) groups excluding carboxylic acids is 1. The summed E-state index contributed by atoms with van der Waals surface area (Å²) < 4.78 is 54.7. The summed E-state index contributed by atoms with van der Waals surface area (Å²) in [5.74, 6) is -1.33. The molecule has 5 nitrogen and oxygen atoms in total. The highest BCUT2D eigenvalue weighted by atomic mass is 19.4. The molecule has 2 aliphatic rings. The van der Waals surface area contributed by atoms with Gasteiger partial charge in [-0.05, 0) is 68.8 Å². The molecule has 2 aromatic carbocycles. The Morgan fingerprint density at radius 3 is 2.31 bits per heavy atom. The molecule has 2 aliphatic heterocycles. The monoisotopic (exact) mass is 507 g/mol. The molecule has 0 atom stereocenters. The fourth-order valence-corrected chi connectivity index (χ4v) is 5.11. The van der Waals surface area contributed by atoms with Crippen molar-refractivity contribution in [3.8, 4) is 5.75 Å². The number of nitrogens with one attached hydrogen (secondary N) is 1. The first-order valence-corrected chi connectivity index (χ1v) is 12.6. The summed E-state index contributed by atoms with van der Waals surface area (Å²) in [5, 5.41) is 3.09. The van der Waals surface area contributed by atoms with E-state index >= 15 is 0 Å². The van der Waals surface area contributed by atoms with Gasteiger partial charge in [-0.2, -0.15) is 0 Å². The summed E-state index contributed by atoms with van der Waals surface area (Å²) in [7, 11) is 0. The average Bonchev–Trinajstić information content (AvgIpc) is 2.86. The molecule has 0 saturated carbocycles. The van der Waals surface area contributed by atoms with Crippen molar-refractivity contribution < 1.29 is 27.1 Å². The fraction of sp³-hybridized carbons (Fsp3) is 0.519. The van der Waals surface area contributed by atoms with E-state index in [-0.39, 0.29) is 11.8 Å². The van der Waals surface area contributed by atoms with Crippen LogP contribution in [0, 0.1) is 17.7 Å². The first kappa shape index (κ1) is 26.3. The third-order valence-corrected chi connectivity index (χ3v) is 7.18. The molecule has 9 heteroatoms. The Morgan fingerprint density at radius 1 is 0.972 bits per heavy atom. The second kappa shape index (κ2) is 12.0. The standard InChI is InChI=1S/C27H33F4N3O2/c28-24-18-23(6-7-25(24)36-27(29,30)31)34-16-11-22(12-17-34)26(35)32-13-8-20-9-14-33(15-10-20)19-21-4-2-1-3-5-21/h1-7,18,20,22H,8-17,19H2,(H,32,35). The SMILES string of the molecule is O=C(NCCC1CCN(Cc2ccccc2)CC1)C1CCN(c2ccc(OC(F)(F)F)c(F)c2)CC1. The van der Waals surface area contributed by atoms with E-state index < -0.39 is 17.9 Å². The Morgan fingerprint density at radius 2 is 1.67 bits per heavy atom. The van der Waals surface area contributed by atoms with Gasteiger partial charge in [0.25, 0.3) is 0 Å². The molecule has 0 spiro atoms. The van der Waals surface area contributed by atoms with E-state index in [1.165, 1.54) is 11.6 Å². The molecular formula is C27H33F4N3O2. The number of alkyl halides is 3. The Bertz CT molecular complexity index is 986. The predicted molar refractivity (Wildman–Crippen MR) is 130 cm³/mol. The summed E-state index contributed by atoms with van der Waals surface area (Å²) in [5.41, 5.74) is 1.83. The van der Waals surface area contributed by atoms with E-state index in [0.717, 1.165) is 51.0 Å². The largest absolute Gasteiger partial charge is 0.573 e. The van der Waals surface area contributed by atoms with Gasteiger partial charge in [-0.25, -0.2) is 4.39 Å². The van der Waals surface area contributed by atoms with Crippen LogP contribution in [0.15, 0.2) is 48.5 Å². The van der Waals surface area contributed by atoms with Crippen LogP contribution >= 0.6 is 0 Å². The lowest BCUT2D eigenvalue weighted by atomic mass is 9.92. The molecule has 1 N–H and O–H groups in total. The fourth-order valence-electron chi connectivity index (χ4n) is 5.11. The molecule has 2 aromatic rings. The molecule has 0 aliphatic carbocycles. The maximum atomic E-state index is 14.0. The lowest BCUT2D eigenvalue weighted by molar-refractivity contribution is -0.275. The van der Waals surface area contributed by atoms with Crippen molar-refractivity contribution in [2.45, 2.75) is 45.0 Å². The minimum atomic E-state index is -4.94. The Labute approximate surface area is 209 Å². The normalized spacial score (nSPS) is 18.3. The van der Waals surface area contributed by atoms with Crippen molar-refractivity contribution in [2.24, 2.45) is 11.8 Å². The zero-order valence-corrected chi connectivity index (χ0v) is 20.3. The molecule has 2 fully saturated rings. The Kier molecular flexibility index (Phi) is 8.72. The van der Waals surface area contributed by atoms with Crippen molar-refractivity contribution in [1.82, 2.24) is 10.2 Å². The van der Waals surface area contributed by atoms with Crippen molar-refractivity contribution in [3.63, 3.8) is 0 Å². The number of halogens is 4. The number of hydrogen-bond donors (Lipinski definition) is 1. The van der Waals surface area contributed by atoms with Crippen molar-refractivity contribution in [2.75, 3.05) is 37.6 Å². The summed E-state index contributed by atoms with van der Waals surface area (Å²) in [6.45, 7) is 4.90. The maximum Gasteiger partial charge on any atom is 0.573 e. The number of likely N-dealkylation sites (tertiary alicyclic amines) is 1. The van der Waals surface area contributed by atoms with Gasteiger partial charge in [0.2, 0.25) is 5.91 Å². The molecule has 0 unspecified atom stereocenters. The van der Waals surface area contributed by atoms with Crippen LogP contribution in [0.4, 0.5) is 23.2 Å². The second-order valence-electron chi connectivity index (χ2n) is 9.71. The highest BCUT2D eigenvalue weighted by Gasteiger charge is 2.33. The summed E-state index contributed by atoms with van der Waals surface area (Å²) in [4.78, 5) is 17.0. The lowest BCUT2D eigenvalue weighted by Crippen LogP contribution is -2.41. The predicted octanol–water partition coefficient (Wildman–Crippen LogP) is 5.36. The Hall–Kier alpha value is -2.81. The van der Waals surface area contributed by atoms with Crippen LogP contribution in [0.5, 0.6) is 5.75 Å². The smallest absolute Gasteiger partial charge is 0.403 e. The molecule has 0 aromatic heterocycles. The number of benzene rings is 2. The van der Waals surface area contributed by atoms with Crippen LogP contribution in [0.3, 0.4) is 0 Å². The topological polar surface area (TPSA) is 44.8 Å². The number of piperidine rings is 2. The third kappa shape index (κ3) is 7.59. The highest BCUT2D eigenvalue weighted by molar-refractivity contribution is 5.79. The summed E-state index contributed by atoms with van der Waals surface area (Å²) in [6, 6.07) is 13.9. The number of amides is 1. The van der Waals surface area contributed by atoms with E-state index in [1.54, 1.807) is 0 Å². The number of ether oxygens (including phenoxy) is 1. The van der Waals surface area contributed by atoms with Crippen LogP contribution in [-0.4, -0.2) is 49.9 Å². The number of carbonyl (C=O) groups is 1. The molecule has 2 saturated heterocycles. The summed E-state index contributed by atoms with van der Waals surface area (Å²) >= 11 is 0. The zero-order chi connectivity index (χ0) is 25.5. The van der Waals surface area contributed by atoms with Gasteiger partial charge >= 0.3 is 6.36 Å². The maximum absolute atomic E-state index is 14.0. The van der Waals surface area contributed by atoms with E-state index in [0.29, 0.717) is 44.1 Å². The van der Waals surface area contributed by atoms with Gasteiger partial charge in [0, 0.05) is 43.9 Å². The van der Waals surface area contributed by atoms with Gasteiger partial charge in [0.05, 0.1) is 0 Å². The summed E-state index contributed by atoms with van der Waals surface area (Å²) in [6.07, 6.45) is -0.434. The van der Waals surface area contributed by atoms with Gasteiger partial charge in [-0.1, -0.05) is 30.3 Å². The molecular weight excluding hydrogens is 474 g/mol. The van der Waals surface area contributed by atoms with Crippen molar-refractivity contribution in [3.05, 3.63) is 59.9 Å². The van der Waals surface area contributed by atoms with E-state index in [4.69, 9.17) is 0 Å². The Balaban J connectivity index is 1.14. The molecule has 196 valence electrons. The molecule has 0 radical (unpaired) electrons. The molecule has 4 rings (SSSR count). The molecule has 0 bridgehead atoms. The number of anilines is 1. The van der Waals surface area contributed by atoms with E-state index in [1.807, 2.05) is 11.0 Å². The van der Waals surface area contributed by atoms with Crippen molar-refractivity contribution >= 4 is 11.6 Å². The highest BCUT2D eigenvalue weighted by Crippen LogP contribution is 2.31. The minimum Gasteiger partial charge on any atom is -0.403 e. The second-order valence-corrected chi connectivity index (χ2v) is 9.71. The van der Waals surface area contributed by atoms with E-state index in [9.17, 15) is 22.4 Å². The third-order valence-electron chi connectivity index (χ3n) is 7.18. The zero-order valence-electron chi connectivity index (χ0n) is 20.3. The molecule has 1 amide bonds. The molecule has 2 heterocycles. The van der Waals surface area contributed by atoms with Crippen LogP contribution in [0.1, 0.15) is 37.7 Å². The van der Waals surface area contributed by atoms with E-state index in [2.05, 4.69) is 39.2 Å². The van der Waals surface area contributed by atoms with Gasteiger partial charge < -0.3 is 15.0 Å². The minimum absolute atomic E-state index is 0.0521. The van der Waals surface area contributed by atoms with Crippen LogP contribution in [-0.2, 0) is 11.3 Å². The van der Waals surface area contributed by atoms with Gasteiger partial charge in [0.1, 0.15) is 0 Å². The number of nitrogens with zero attached hydrogens (tertiary/aromatic N) is 2. The van der Waals surface area contributed by atoms with Crippen LogP contribution in [0.2, 0.25) is 0 Å². The quantitative estimate of drug-likeness (QED) is 0.489. The first-order valence-electron chi connectivity index (χ1n) is 12.6. The van der Waals surface area contributed by atoms with Gasteiger partial charge in [0.15, 0.2) is 11.6 Å². The molecule has 36 heavy (non-hydrogen) atoms. The lowest BCUT2D eigenvalue weighted by Gasteiger charge is -2.33. The van der Waals surface area contributed by atoms with Crippen LogP contribution < -0.4 is 15.0 Å². The first-order chi connectivity index (χ1) is 17.3. The van der Waals surface area contributed by atoms with Crippen molar-refractivity contribution in [1.29, 1.82) is 0 Å².